The maximum Gasteiger partial charge on any atom is 0.299 e. The number of hydrogen-bond acceptors (Lipinski definition) is 5. The highest BCUT2D eigenvalue weighted by Gasteiger charge is 2.45. The summed E-state index contributed by atoms with van der Waals surface area (Å²) < 4.78 is 10.8. The topological polar surface area (TPSA) is 96.8 Å². The molecule has 1 aromatic carbocycles. The molecule has 6 nitrogen and oxygen atoms in total. The van der Waals surface area contributed by atoms with Crippen LogP contribution in [0, 0.1) is 17.8 Å². The quantitative estimate of drug-likeness (QED) is 0.316. The lowest BCUT2D eigenvalue weighted by Gasteiger charge is -2.29. The molecule has 3 N–H and O–H groups in total. The zero-order valence-electron chi connectivity index (χ0n) is 14.9. The van der Waals surface area contributed by atoms with Gasteiger partial charge in [-0.15, -0.1) is 0 Å². The number of hydrazone groups is 1. The number of nitrogens with one attached hydrogen (secondary N) is 2. The van der Waals surface area contributed by atoms with Crippen LogP contribution in [0.3, 0.4) is 0 Å². The van der Waals surface area contributed by atoms with Crippen molar-refractivity contribution >= 4 is 22.8 Å². The molecular formula is C19H23N3O3S. The molecule has 1 saturated carbocycles. The van der Waals surface area contributed by atoms with Gasteiger partial charge in [-0.1, -0.05) is 24.0 Å². The number of hydrogen-bond donors (Lipinski definition) is 3. The zero-order chi connectivity index (χ0) is 18.7. The van der Waals surface area contributed by atoms with Crippen molar-refractivity contribution < 1.29 is 14.6 Å². The Morgan fingerprint density at radius 1 is 1.46 bits per heavy atom. The monoisotopic (exact) mass is 373 g/mol. The summed E-state index contributed by atoms with van der Waals surface area (Å²) in [6.45, 7) is 1.58. The smallest absolute Gasteiger partial charge is 0.299 e. The summed E-state index contributed by atoms with van der Waals surface area (Å²) in [5.74, 6) is 6.36. The van der Waals surface area contributed by atoms with E-state index in [0.29, 0.717) is 18.8 Å². The molecule has 3 atom stereocenters. The van der Waals surface area contributed by atoms with E-state index in [9.17, 15) is 9.35 Å². The van der Waals surface area contributed by atoms with Crippen molar-refractivity contribution in [3.8, 4) is 11.8 Å². The SMILES string of the molecule is C[S+]([O-])C(C)(C[C@H]1CC(c2ccc(C#CC3CC3)cc2)=NN1)C(=O)NO. The molecule has 0 aromatic heterocycles. The minimum absolute atomic E-state index is 0.120. The summed E-state index contributed by atoms with van der Waals surface area (Å²) in [6.07, 6.45) is 4.82. The molecule has 1 heterocycles. The standard InChI is InChI=1S/C19H23N3O3S/c1-19(26(2)25,18(23)22-24)12-16-11-17(21-20-16)15-9-7-14(8-10-15)6-5-13-3-4-13/h7-10,13,16,20,24H,3-4,11-12H2,1-2H3,(H,22,23)/t16-,19?,26?/m1/s1. The first-order valence-electron chi connectivity index (χ1n) is 8.64. The number of benzene rings is 1. The summed E-state index contributed by atoms with van der Waals surface area (Å²) >= 11 is -1.43. The van der Waals surface area contributed by atoms with Crippen LogP contribution in [0.4, 0.5) is 0 Å². The Morgan fingerprint density at radius 2 is 2.15 bits per heavy atom. The maximum atomic E-state index is 12.0. The normalized spacial score (nSPS) is 22.3. The van der Waals surface area contributed by atoms with E-state index in [0.717, 1.165) is 16.8 Å². The van der Waals surface area contributed by atoms with Crippen LogP contribution in [-0.4, -0.2) is 38.4 Å². The highest BCUT2D eigenvalue weighted by molar-refractivity contribution is 7.92. The van der Waals surface area contributed by atoms with Gasteiger partial charge in [0.1, 0.15) is 0 Å². The van der Waals surface area contributed by atoms with Gasteiger partial charge < -0.3 is 9.98 Å². The summed E-state index contributed by atoms with van der Waals surface area (Å²) in [5.41, 5.74) is 7.54. The van der Waals surface area contributed by atoms with Crippen molar-refractivity contribution in [3.05, 3.63) is 35.4 Å². The third kappa shape index (κ3) is 4.21. The van der Waals surface area contributed by atoms with Gasteiger partial charge in [-0.3, -0.25) is 10.0 Å². The van der Waals surface area contributed by atoms with E-state index >= 15 is 0 Å². The fraction of sp³-hybridized carbons (Fsp3) is 0.474. The van der Waals surface area contributed by atoms with Gasteiger partial charge in [-0.25, -0.2) is 5.48 Å². The van der Waals surface area contributed by atoms with Gasteiger partial charge in [0.15, 0.2) is 0 Å². The second-order valence-electron chi connectivity index (χ2n) is 7.04. The maximum absolute atomic E-state index is 12.0. The molecule has 0 radical (unpaired) electrons. The lowest BCUT2D eigenvalue weighted by atomic mass is 9.95. The summed E-state index contributed by atoms with van der Waals surface area (Å²) in [5, 5.41) is 13.3. The van der Waals surface area contributed by atoms with Crippen LogP contribution >= 0.6 is 0 Å². The van der Waals surface area contributed by atoms with Crippen molar-refractivity contribution in [2.75, 3.05) is 6.26 Å². The van der Waals surface area contributed by atoms with Crippen molar-refractivity contribution in [2.24, 2.45) is 11.0 Å². The Hall–Kier alpha value is -2.01. The highest BCUT2D eigenvalue weighted by Crippen LogP contribution is 2.28. The fourth-order valence-corrected chi connectivity index (χ4v) is 3.62. The average molecular weight is 373 g/mol. The fourth-order valence-electron chi connectivity index (χ4n) is 2.88. The molecule has 2 aliphatic rings. The van der Waals surface area contributed by atoms with Gasteiger partial charge in [0.05, 0.1) is 18.0 Å². The second-order valence-corrected chi connectivity index (χ2v) is 8.85. The van der Waals surface area contributed by atoms with E-state index < -0.39 is 21.8 Å². The molecule has 0 spiro atoms. The number of nitrogens with zero attached hydrogens (tertiary/aromatic N) is 1. The Kier molecular flexibility index (Phi) is 5.56. The van der Waals surface area contributed by atoms with Crippen molar-refractivity contribution in [1.29, 1.82) is 0 Å². The van der Waals surface area contributed by atoms with Gasteiger partial charge in [0.25, 0.3) is 5.91 Å². The molecule has 1 amide bonds. The molecule has 1 aliphatic carbocycles. The minimum atomic E-state index is -1.43. The predicted octanol–water partition coefficient (Wildman–Crippen LogP) is 1.55. The summed E-state index contributed by atoms with van der Waals surface area (Å²) in [7, 11) is 0. The molecule has 1 aliphatic heterocycles. The number of rotatable bonds is 5. The Balaban J connectivity index is 1.62. The summed E-state index contributed by atoms with van der Waals surface area (Å²) in [6, 6.07) is 7.86. The lowest BCUT2D eigenvalue weighted by molar-refractivity contribution is -0.131. The van der Waals surface area contributed by atoms with Gasteiger partial charge in [-0.05, 0) is 48.6 Å². The number of carbonyl (C=O) groups is 1. The van der Waals surface area contributed by atoms with Crippen molar-refractivity contribution in [3.63, 3.8) is 0 Å². The van der Waals surface area contributed by atoms with Gasteiger partial charge in [-0.2, -0.15) is 5.10 Å². The van der Waals surface area contributed by atoms with E-state index in [1.54, 1.807) is 12.4 Å². The molecule has 2 unspecified atom stereocenters. The molecule has 0 bridgehead atoms. The molecule has 0 saturated heterocycles. The largest absolute Gasteiger partial charge is 0.616 e. The van der Waals surface area contributed by atoms with Crippen LogP contribution in [0.1, 0.15) is 43.7 Å². The van der Waals surface area contributed by atoms with Crippen molar-refractivity contribution in [2.45, 2.75) is 43.4 Å². The third-order valence-electron chi connectivity index (χ3n) is 4.89. The van der Waals surface area contributed by atoms with Crippen LogP contribution in [0.2, 0.25) is 0 Å². The van der Waals surface area contributed by atoms with Crippen LogP contribution in [0.5, 0.6) is 0 Å². The molecule has 3 rings (SSSR count). The Labute approximate surface area is 156 Å². The first-order valence-corrected chi connectivity index (χ1v) is 10.2. The van der Waals surface area contributed by atoms with Crippen LogP contribution in [-0.2, 0) is 16.0 Å². The zero-order valence-corrected chi connectivity index (χ0v) is 15.7. The van der Waals surface area contributed by atoms with Gasteiger partial charge in [0, 0.05) is 24.3 Å². The molecule has 7 heteroatoms. The average Bonchev–Trinajstić information content (AvgIpc) is 3.36. The molecule has 26 heavy (non-hydrogen) atoms. The first-order chi connectivity index (χ1) is 12.4. The van der Waals surface area contributed by atoms with Crippen molar-refractivity contribution in [1.82, 2.24) is 10.9 Å². The molecule has 138 valence electrons. The van der Waals surface area contributed by atoms with Crippen LogP contribution in [0.25, 0.3) is 0 Å². The van der Waals surface area contributed by atoms with E-state index in [1.165, 1.54) is 19.1 Å². The van der Waals surface area contributed by atoms with E-state index in [1.807, 2.05) is 24.3 Å². The first kappa shape index (κ1) is 18.8. The van der Waals surface area contributed by atoms with Crippen LogP contribution in [0.15, 0.2) is 29.4 Å². The predicted molar refractivity (Wildman–Crippen MR) is 101 cm³/mol. The highest BCUT2D eigenvalue weighted by atomic mass is 32.2. The minimum Gasteiger partial charge on any atom is -0.616 e. The lowest BCUT2D eigenvalue weighted by Crippen LogP contribution is -2.52. The van der Waals surface area contributed by atoms with E-state index in [4.69, 9.17) is 5.21 Å². The Bertz CT molecular complexity index is 762. The number of hydroxylamine groups is 1. The van der Waals surface area contributed by atoms with E-state index in [2.05, 4.69) is 22.4 Å². The van der Waals surface area contributed by atoms with E-state index in [-0.39, 0.29) is 6.04 Å². The van der Waals surface area contributed by atoms with Gasteiger partial charge >= 0.3 is 0 Å². The van der Waals surface area contributed by atoms with Gasteiger partial charge in [0.2, 0.25) is 4.75 Å². The third-order valence-corrected chi connectivity index (χ3v) is 6.51. The Morgan fingerprint density at radius 3 is 2.73 bits per heavy atom. The number of carbonyl (C=O) groups excluding carboxylic acids is 1. The van der Waals surface area contributed by atoms with Crippen LogP contribution < -0.4 is 10.9 Å². The molecule has 1 fully saturated rings. The molecule has 1 aromatic rings. The second kappa shape index (κ2) is 7.70. The summed E-state index contributed by atoms with van der Waals surface area (Å²) in [4.78, 5) is 11.9. The number of amides is 1. The molecular weight excluding hydrogens is 350 g/mol.